The zero-order valence-corrected chi connectivity index (χ0v) is 21.5. The van der Waals surface area contributed by atoms with Crippen LogP contribution in [0.15, 0.2) is 18.5 Å². The standard InChI is InChI=1S/C22H28N8O4S2/c1-36(32,33)18(14-31)29-4-2-28(3-5-29)13-16-10-17-19(35-16)21(30-6-8-34-9-7-30)27-20(26-17)15-11-24-22(23)25-12-15/h10-12,14,18H,2-9,13H2,1H3,(H2,23,24,25). The molecule has 0 amide bonds. The largest absolute Gasteiger partial charge is 0.378 e. The molecule has 3 aromatic heterocycles. The Labute approximate surface area is 213 Å². The topological polar surface area (TPSA) is 148 Å². The highest BCUT2D eigenvalue weighted by Gasteiger charge is 2.30. The second-order valence-electron chi connectivity index (χ2n) is 8.90. The Morgan fingerprint density at radius 1 is 1.11 bits per heavy atom. The number of hydrogen-bond donors (Lipinski definition) is 1. The van der Waals surface area contributed by atoms with Gasteiger partial charge in [0.25, 0.3) is 0 Å². The molecule has 0 aliphatic carbocycles. The number of hydrogen-bond acceptors (Lipinski definition) is 13. The van der Waals surface area contributed by atoms with Crippen molar-refractivity contribution in [3.63, 3.8) is 0 Å². The predicted molar refractivity (Wildman–Crippen MR) is 137 cm³/mol. The van der Waals surface area contributed by atoms with Crippen molar-refractivity contribution in [2.75, 3.05) is 69.4 Å². The SMILES string of the molecule is CS(=O)(=O)C(C=O)N1CCN(Cc2cc3nc(-c4cnc(N)nc4)nc(N4CCOCC4)c3s2)CC1. The molecule has 2 aliphatic heterocycles. The number of piperazine rings is 1. The summed E-state index contributed by atoms with van der Waals surface area (Å²) in [6, 6.07) is 2.09. The van der Waals surface area contributed by atoms with E-state index in [9.17, 15) is 13.2 Å². The van der Waals surface area contributed by atoms with Crippen LogP contribution in [-0.4, -0.2) is 109 Å². The molecule has 2 N–H and O–H groups in total. The van der Waals surface area contributed by atoms with Crippen LogP contribution in [0.4, 0.5) is 11.8 Å². The van der Waals surface area contributed by atoms with Crippen LogP contribution in [0.5, 0.6) is 0 Å². The summed E-state index contributed by atoms with van der Waals surface area (Å²) in [6.07, 6.45) is 4.88. The highest BCUT2D eigenvalue weighted by atomic mass is 32.2. The van der Waals surface area contributed by atoms with Gasteiger partial charge in [0.2, 0.25) is 5.95 Å². The fraction of sp³-hybridized carbons (Fsp3) is 0.500. The first-order valence-electron chi connectivity index (χ1n) is 11.6. The summed E-state index contributed by atoms with van der Waals surface area (Å²) in [4.78, 5) is 36.6. The first kappa shape index (κ1) is 24.9. The second-order valence-corrected chi connectivity index (χ2v) is 12.2. The number of thiophene rings is 1. The monoisotopic (exact) mass is 532 g/mol. The van der Waals surface area contributed by atoms with Gasteiger partial charge in [0.05, 0.1) is 29.0 Å². The third-order valence-electron chi connectivity index (χ3n) is 6.35. The number of nitrogens with two attached hydrogens (primary N) is 1. The Bertz CT molecular complexity index is 1330. The van der Waals surface area contributed by atoms with Crippen LogP contribution >= 0.6 is 11.3 Å². The van der Waals surface area contributed by atoms with E-state index in [2.05, 4.69) is 25.8 Å². The zero-order valence-electron chi connectivity index (χ0n) is 19.9. The van der Waals surface area contributed by atoms with Crippen molar-refractivity contribution in [1.82, 2.24) is 29.7 Å². The number of aldehydes is 1. The Morgan fingerprint density at radius 2 is 1.81 bits per heavy atom. The third kappa shape index (κ3) is 5.32. The van der Waals surface area contributed by atoms with Crippen molar-refractivity contribution in [1.29, 1.82) is 0 Å². The molecule has 0 bridgehead atoms. The summed E-state index contributed by atoms with van der Waals surface area (Å²) in [7, 11) is -3.46. The first-order chi connectivity index (χ1) is 17.3. The van der Waals surface area contributed by atoms with E-state index in [1.807, 2.05) is 0 Å². The predicted octanol–water partition coefficient (Wildman–Crippen LogP) is 0.254. The second kappa shape index (κ2) is 10.3. The molecule has 5 rings (SSSR count). The van der Waals surface area contributed by atoms with Crippen molar-refractivity contribution in [2.45, 2.75) is 11.9 Å². The fourth-order valence-electron chi connectivity index (χ4n) is 4.47. The number of nitrogen functional groups attached to an aromatic ring is 1. The van der Waals surface area contributed by atoms with Gasteiger partial charge in [-0.25, -0.2) is 28.4 Å². The number of nitrogens with zero attached hydrogens (tertiary/aromatic N) is 7. The van der Waals surface area contributed by atoms with Crippen LogP contribution in [0.2, 0.25) is 0 Å². The molecule has 1 unspecified atom stereocenters. The number of carbonyl (C=O) groups is 1. The molecule has 12 nitrogen and oxygen atoms in total. The van der Waals surface area contributed by atoms with Gasteiger partial charge in [0, 0.05) is 69.3 Å². The van der Waals surface area contributed by atoms with Crippen LogP contribution in [0.1, 0.15) is 4.88 Å². The Morgan fingerprint density at radius 3 is 2.44 bits per heavy atom. The van der Waals surface area contributed by atoms with E-state index in [0.717, 1.165) is 40.3 Å². The molecular formula is C22H28N8O4S2. The Hall–Kier alpha value is -2.78. The summed E-state index contributed by atoms with van der Waals surface area (Å²) < 4.78 is 30.4. The number of carbonyl (C=O) groups excluding carboxylic acids is 1. The maximum absolute atomic E-state index is 11.9. The normalized spacial score (nSPS) is 19.0. The maximum atomic E-state index is 11.9. The van der Waals surface area contributed by atoms with E-state index < -0.39 is 15.2 Å². The molecule has 0 spiro atoms. The van der Waals surface area contributed by atoms with Crippen molar-refractivity contribution in [2.24, 2.45) is 0 Å². The molecule has 0 saturated carbocycles. The molecule has 0 radical (unpaired) electrons. The molecule has 192 valence electrons. The van der Waals surface area contributed by atoms with Gasteiger partial charge in [0.1, 0.15) is 0 Å². The molecular weight excluding hydrogens is 504 g/mol. The van der Waals surface area contributed by atoms with E-state index in [1.54, 1.807) is 28.6 Å². The molecule has 2 saturated heterocycles. The van der Waals surface area contributed by atoms with Gasteiger partial charge in [0.15, 0.2) is 33.1 Å². The molecule has 1 atom stereocenters. The summed E-state index contributed by atoms with van der Waals surface area (Å²) >= 11 is 1.67. The smallest absolute Gasteiger partial charge is 0.219 e. The summed E-state index contributed by atoms with van der Waals surface area (Å²) in [5.74, 6) is 1.61. The number of morpholine rings is 1. The van der Waals surface area contributed by atoms with Crippen molar-refractivity contribution in [3.05, 3.63) is 23.3 Å². The van der Waals surface area contributed by atoms with Gasteiger partial charge >= 0.3 is 0 Å². The number of anilines is 2. The Balaban J connectivity index is 1.39. The molecule has 2 aliphatic rings. The molecule has 14 heteroatoms. The van der Waals surface area contributed by atoms with Gasteiger partial charge in [-0.2, -0.15) is 0 Å². The molecule has 2 fully saturated rings. The van der Waals surface area contributed by atoms with E-state index in [4.69, 9.17) is 20.4 Å². The lowest BCUT2D eigenvalue weighted by Crippen LogP contribution is -2.52. The van der Waals surface area contributed by atoms with Crippen molar-refractivity contribution in [3.8, 4) is 11.4 Å². The molecule has 3 aromatic rings. The van der Waals surface area contributed by atoms with Gasteiger partial charge in [-0.3, -0.25) is 9.80 Å². The number of aromatic nitrogens is 4. The van der Waals surface area contributed by atoms with E-state index in [0.29, 0.717) is 63.6 Å². The van der Waals surface area contributed by atoms with E-state index in [1.165, 1.54) is 0 Å². The Kier molecular flexibility index (Phi) is 7.12. The van der Waals surface area contributed by atoms with Gasteiger partial charge < -0.3 is 20.2 Å². The lowest BCUT2D eigenvalue weighted by Gasteiger charge is -2.36. The third-order valence-corrected chi connectivity index (χ3v) is 8.74. The fourth-order valence-corrected chi connectivity index (χ4v) is 6.58. The lowest BCUT2D eigenvalue weighted by atomic mass is 10.2. The van der Waals surface area contributed by atoms with Crippen molar-refractivity contribution < 1.29 is 17.9 Å². The summed E-state index contributed by atoms with van der Waals surface area (Å²) in [5, 5.41) is -1.08. The number of sulfone groups is 1. The van der Waals surface area contributed by atoms with E-state index >= 15 is 0 Å². The van der Waals surface area contributed by atoms with Crippen LogP contribution in [0.3, 0.4) is 0 Å². The van der Waals surface area contributed by atoms with E-state index in [-0.39, 0.29) is 5.95 Å². The van der Waals surface area contributed by atoms with Gasteiger partial charge in [-0.15, -0.1) is 11.3 Å². The summed E-state index contributed by atoms with van der Waals surface area (Å²) in [5.41, 5.74) is 7.20. The minimum atomic E-state index is -3.46. The lowest BCUT2D eigenvalue weighted by molar-refractivity contribution is -0.110. The number of ether oxygens (including phenoxy) is 1. The highest BCUT2D eigenvalue weighted by Crippen LogP contribution is 2.35. The quantitative estimate of drug-likeness (QED) is 0.416. The first-order valence-corrected chi connectivity index (χ1v) is 14.4. The highest BCUT2D eigenvalue weighted by molar-refractivity contribution is 7.91. The van der Waals surface area contributed by atoms with Crippen LogP contribution in [-0.2, 0) is 25.9 Å². The number of fused-ring (bicyclic) bond motifs is 1. The summed E-state index contributed by atoms with van der Waals surface area (Å²) in [6.45, 7) is 5.86. The minimum Gasteiger partial charge on any atom is -0.378 e. The molecule has 36 heavy (non-hydrogen) atoms. The zero-order chi connectivity index (χ0) is 25.3. The van der Waals surface area contributed by atoms with Crippen LogP contribution < -0.4 is 10.6 Å². The molecule has 0 aromatic carbocycles. The van der Waals surface area contributed by atoms with Gasteiger partial charge in [-0.05, 0) is 6.07 Å². The van der Waals surface area contributed by atoms with Crippen LogP contribution in [0, 0.1) is 0 Å². The molecule has 5 heterocycles. The average molecular weight is 533 g/mol. The van der Waals surface area contributed by atoms with Gasteiger partial charge in [-0.1, -0.05) is 0 Å². The van der Waals surface area contributed by atoms with Crippen molar-refractivity contribution >= 4 is 49.4 Å². The number of rotatable bonds is 7. The minimum absolute atomic E-state index is 0.196. The van der Waals surface area contributed by atoms with Crippen LogP contribution in [0.25, 0.3) is 21.6 Å². The average Bonchev–Trinajstić information content (AvgIpc) is 3.27. The maximum Gasteiger partial charge on any atom is 0.219 e.